The minimum atomic E-state index is 0. The molecule has 1 fully saturated rings. The Morgan fingerprint density at radius 3 is 2.85 bits per heavy atom. The molecule has 5 nitrogen and oxygen atoms in total. The van der Waals surface area contributed by atoms with Gasteiger partial charge >= 0.3 is 0 Å². The summed E-state index contributed by atoms with van der Waals surface area (Å²) in [7, 11) is 1.94. The molecule has 1 aliphatic heterocycles. The highest BCUT2D eigenvalue weighted by atomic mass is 35.5. The molecule has 114 valence electrons. The SMILES string of the molecule is CNCC1CCCN1C(=O)CCc1c(C)noc1C.Cl. The Hall–Kier alpha value is -1.07. The molecule has 6 heteroatoms. The van der Waals surface area contributed by atoms with Crippen molar-refractivity contribution in [2.75, 3.05) is 20.1 Å². The molecule has 0 radical (unpaired) electrons. The van der Waals surface area contributed by atoms with E-state index in [9.17, 15) is 4.79 Å². The Morgan fingerprint density at radius 1 is 1.50 bits per heavy atom. The number of aromatic nitrogens is 1. The number of halogens is 1. The molecule has 1 aliphatic rings. The third-order valence-corrected chi connectivity index (χ3v) is 3.91. The number of hydrogen-bond donors (Lipinski definition) is 1. The number of likely N-dealkylation sites (N-methyl/N-ethyl adjacent to an activating group) is 1. The first-order valence-electron chi connectivity index (χ1n) is 6.99. The predicted molar refractivity (Wildman–Crippen MR) is 80.2 cm³/mol. The summed E-state index contributed by atoms with van der Waals surface area (Å²) < 4.78 is 5.13. The lowest BCUT2D eigenvalue weighted by atomic mass is 10.1. The van der Waals surface area contributed by atoms with Crippen molar-refractivity contribution in [3.05, 3.63) is 17.0 Å². The maximum atomic E-state index is 12.3. The van der Waals surface area contributed by atoms with E-state index in [2.05, 4.69) is 10.5 Å². The Morgan fingerprint density at radius 2 is 2.25 bits per heavy atom. The fourth-order valence-corrected chi connectivity index (χ4v) is 2.85. The summed E-state index contributed by atoms with van der Waals surface area (Å²) in [5.41, 5.74) is 1.98. The zero-order valence-electron chi connectivity index (χ0n) is 12.4. The average Bonchev–Trinajstić information content (AvgIpc) is 2.96. The van der Waals surface area contributed by atoms with Gasteiger partial charge in [-0.15, -0.1) is 12.4 Å². The van der Waals surface area contributed by atoms with Gasteiger partial charge in [-0.3, -0.25) is 4.79 Å². The summed E-state index contributed by atoms with van der Waals surface area (Å²) in [5.74, 6) is 1.08. The maximum absolute atomic E-state index is 12.3. The Balaban J connectivity index is 0.00000200. The lowest BCUT2D eigenvalue weighted by molar-refractivity contribution is -0.131. The van der Waals surface area contributed by atoms with Crippen LogP contribution in [0.15, 0.2) is 4.52 Å². The summed E-state index contributed by atoms with van der Waals surface area (Å²) in [6.45, 7) is 5.61. The molecule has 20 heavy (non-hydrogen) atoms. The number of amides is 1. The van der Waals surface area contributed by atoms with Crippen molar-refractivity contribution in [3.63, 3.8) is 0 Å². The second-order valence-electron chi connectivity index (χ2n) is 5.24. The standard InChI is InChI=1S/C14H23N3O2.ClH/c1-10-13(11(2)19-16-10)6-7-14(18)17-8-4-5-12(17)9-15-3;/h12,15H,4-9H2,1-3H3;1H. The van der Waals surface area contributed by atoms with Crippen LogP contribution >= 0.6 is 12.4 Å². The molecule has 0 aliphatic carbocycles. The van der Waals surface area contributed by atoms with Gasteiger partial charge in [0.2, 0.25) is 5.91 Å². The van der Waals surface area contributed by atoms with Crippen molar-refractivity contribution in [2.45, 2.75) is 45.6 Å². The van der Waals surface area contributed by atoms with Gasteiger partial charge in [0.25, 0.3) is 0 Å². The summed E-state index contributed by atoms with van der Waals surface area (Å²) in [4.78, 5) is 14.3. The summed E-state index contributed by atoms with van der Waals surface area (Å²) in [6, 6.07) is 0.363. The molecule has 1 N–H and O–H groups in total. The minimum Gasteiger partial charge on any atom is -0.361 e. The number of nitrogens with one attached hydrogen (secondary N) is 1. The molecule has 0 bridgehead atoms. The number of rotatable bonds is 5. The molecule has 1 aromatic heterocycles. The van der Waals surface area contributed by atoms with Crippen LogP contribution < -0.4 is 5.32 Å². The van der Waals surface area contributed by atoms with Crippen LogP contribution in [0.2, 0.25) is 0 Å². The molecule has 2 heterocycles. The molecular weight excluding hydrogens is 278 g/mol. The largest absolute Gasteiger partial charge is 0.361 e. The van der Waals surface area contributed by atoms with Gasteiger partial charge in [-0.2, -0.15) is 0 Å². The van der Waals surface area contributed by atoms with E-state index in [1.54, 1.807) is 0 Å². The van der Waals surface area contributed by atoms with Crippen molar-refractivity contribution in [2.24, 2.45) is 0 Å². The third-order valence-electron chi connectivity index (χ3n) is 3.91. The minimum absolute atomic E-state index is 0. The highest BCUT2D eigenvalue weighted by molar-refractivity contribution is 5.85. The number of carbonyl (C=O) groups is 1. The molecule has 1 aromatic rings. The topological polar surface area (TPSA) is 58.4 Å². The number of aryl methyl sites for hydroxylation is 2. The van der Waals surface area contributed by atoms with E-state index in [1.165, 1.54) is 0 Å². The average molecular weight is 302 g/mol. The number of hydrogen-bond acceptors (Lipinski definition) is 4. The second-order valence-corrected chi connectivity index (χ2v) is 5.24. The molecule has 0 spiro atoms. The monoisotopic (exact) mass is 301 g/mol. The van der Waals surface area contributed by atoms with Gasteiger partial charge in [0, 0.05) is 31.1 Å². The lowest BCUT2D eigenvalue weighted by Gasteiger charge is -2.24. The molecule has 1 saturated heterocycles. The van der Waals surface area contributed by atoms with E-state index in [-0.39, 0.29) is 18.3 Å². The Bertz CT molecular complexity index is 428. The summed E-state index contributed by atoms with van der Waals surface area (Å²) in [6.07, 6.45) is 3.49. The fraction of sp³-hybridized carbons (Fsp3) is 0.714. The van der Waals surface area contributed by atoms with Crippen LogP contribution in [0.3, 0.4) is 0 Å². The van der Waals surface area contributed by atoms with E-state index in [0.29, 0.717) is 12.5 Å². The van der Waals surface area contributed by atoms with Crippen LogP contribution in [0, 0.1) is 13.8 Å². The van der Waals surface area contributed by atoms with Crippen LogP contribution in [-0.4, -0.2) is 42.1 Å². The first-order chi connectivity index (χ1) is 9.13. The van der Waals surface area contributed by atoms with Crippen LogP contribution in [0.25, 0.3) is 0 Å². The zero-order chi connectivity index (χ0) is 13.8. The molecule has 1 unspecified atom stereocenters. The van der Waals surface area contributed by atoms with Crippen LogP contribution in [0.4, 0.5) is 0 Å². The number of likely N-dealkylation sites (tertiary alicyclic amines) is 1. The van der Waals surface area contributed by atoms with Gasteiger partial charge in [0.05, 0.1) is 5.69 Å². The van der Waals surface area contributed by atoms with E-state index in [4.69, 9.17) is 4.52 Å². The van der Waals surface area contributed by atoms with Gasteiger partial charge in [0.1, 0.15) is 5.76 Å². The van der Waals surface area contributed by atoms with E-state index in [1.807, 2.05) is 25.8 Å². The van der Waals surface area contributed by atoms with E-state index < -0.39 is 0 Å². The van der Waals surface area contributed by atoms with Gasteiger partial charge in [-0.05, 0) is 40.2 Å². The van der Waals surface area contributed by atoms with Crippen LogP contribution in [0.1, 0.15) is 36.3 Å². The van der Waals surface area contributed by atoms with Crippen molar-refractivity contribution in [1.82, 2.24) is 15.4 Å². The first-order valence-corrected chi connectivity index (χ1v) is 6.99. The first kappa shape index (κ1) is 17.0. The van der Waals surface area contributed by atoms with Gasteiger partial charge < -0.3 is 14.7 Å². The van der Waals surface area contributed by atoms with Crippen molar-refractivity contribution < 1.29 is 9.32 Å². The van der Waals surface area contributed by atoms with Crippen molar-refractivity contribution in [3.8, 4) is 0 Å². The summed E-state index contributed by atoms with van der Waals surface area (Å²) in [5, 5.41) is 7.09. The molecule has 0 saturated carbocycles. The van der Waals surface area contributed by atoms with E-state index in [0.717, 1.165) is 49.4 Å². The molecule has 1 amide bonds. The highest BCUT2D eigenvalue weighted by Gasteiger charge is 2.27. The van der Waals surface area contributed by atoms with Gasteiger partial charge in [0.15, 0.2) is 0 Å². The van der Waals surface area contributed by atoms with E-state index >= 15 is 0 Å². The third kappa shape index (κ3) is 3.73. The molecular formula is C14H24ClN3O2. The lowest BCUT2D eigenvalue weighted by Crippen LogP contribution is -2.40. The maximum Gasteiger partial charge on any atom is 0.223 e. The van der Waals surface area contributed by atoms with Crippen molar-refractivity contribution in [1.29, 1.82) is 0 Å². The van der Waals surface area contributed by atoms with Crippen molar-refractivity contribution >= 4 is 18.3 Å². The smallest absolute Gasteiger partial charge is 0.223 e. The normalized spacial score (nSPS) is 18.1. The van der Waals surface area contributed by atoms with Gasteiger partial charge in [-0.25, -0.2) is 0 Å². The number of nitrogens with zero attached hydrogens (tertiary/aromatic N) is 2. The van der Waals surface area contributed by atoms with Crippen LogP contribution in [-0.2, 0) is 11.2 Å². The molecule has 1 atom stereocenters. The number of carbonyl (C=O) groups excluding carboxylic acids is 1. The molecule has 2 rings (SSSR count). The Kier molecular flexibility index (Phi) is 6.49. The molecule has 0 aromatic carbocycles. The summed E-state index contributed by atoms with van der Waals surface area (Å²) >= 11 is 0. The second kappa shape index (κ2) is 7.64. The van der Waals surface area contributed by atoms with Crippen LogP contribution in [0.5, 0.6) is 0 Å². The zero-order valence-corrected chi connectivity index (χ0v) is 13.3. The predicted octanol–water partition coefficient (Wildman–Crippen LogP) is 1.86. The fourth-order valence-electron chi connectivity index (χ4n) is 2.85. The van der Waals surface area contributed by atoms with Gasteiger partial charge in [-0.1, -0.05) is 5.16 Å². The highest BCUT2D eigenvalue weighted by Crippen LogP contribution is 2.20. The quantitative estimate of drug-likeness (QED) is 0.902. The Labute approximate surface area is 126 Å².